The lowest BCUT2D eigenvalue weighted by Gasteiger charge is -2.10. The van der Waals surface area contributed by atoms with Gasteiger partial charge in [0.05, 0.1) is 12.8 Å². The van der Waals surface area contributed by atoms with Gasteiger partial charge < -0.3 is 4.74 Å². The fourth-order valence-electron chi connectivity index (χ4n) is 1.31. The number of hydrogen-bond acceptors (Lipinski definition) is 5. The predicted octanol–water partition coefficient (Wildman–Crippen LogP) is 1.00. The summed E-state index contributed by atoms with van der Waals surface area (Å²) in [5.74, 6) is 0.239. The number of hydrogen-bond donors (Lipinski definition) is 2. The van der Waals surface area contributed by atoms with Crippen LogP contribution in [-0.2, 0) is 10.0 Å². The van der Waals surface area contributed by atoms with Crippen LogP contribution in [-0.4, -0.2) is 30.2 Å². The third-order valence-corrected chi connectivity index (χ3v) is 3.36. The summed E-state index contributed by atoms with van der Waals surface area (Å²) in [6.07, 6.45) is 2.89. The third kappa shape index (κ3) is 2.59. The summed E-state index contributed by atoms with van der Waals surface area (Å²) in [4.78, 5) is 3.96. The van der Waals surface area contributed by atoms with Gasteiger partial charge in [-0.2, -0.15) is 13.5 Å². The van der Waals surface area contributed by atoms with Crippen LogP contribution < -0.4 is 9.46 Å². The third-order valence-electron chi connectivity index (χ3n) is 2.06. The van der Waals surface area contributed by atoms with Gasteiger partial charge in [-0.25, -0.2) is 4.98 Å². The van der Waals surface area contributed by atoms with Gasteiger partial charge in [-0.3, -0.25) is 9.82 Å². The first-order valence-electron chi connectivity index (χ1n) is 5.23. The number of nitrogens with zero attached hydrogens (tertiary/aromatic N) is 2. The van der Waals surface area contributed by atoms with Crippen molar-refractivity contribution in [3.63, 3.8) is 0 Å². The van der Waals surface area contributed by atoms with Crippen molar-refractivity contribution in [1.82, 2.24) is 15.2 Å². The van der Waals surface area contributed by atoms with Crippen molar-refractivity contribution in [3.05, 3.63) is 30.6 Å². The van der Waals surface area contributed by atoms with Crippen molar-refractivity contribution in [1.29, 1.82) is 0 Å². The second kappa shape index (κ2) is 5.05. The first-order chi connectivity index (χ1) is 8.63. The monoisotopic (exact) mass is 268 g/mol. The highest BCUT2D eigenvalue weighted by Crippen LogP contribution is 2.23. The Hall–Kier alpha value is -2.09. The Labute approximate surface area is 104 Å². The molecule has 96 valence electrons. The Morgan fingerprint density at radius 3 is 2.89 bits per heavy atom. The Balaban J connectivity index is 2.29. The molecule has 2 N–H and O–H groups in total. The van der Waals surface area contributed by atoms with Crippen LogP contribution in [0.1, 0.15) is 6.92 Å². The van der Waals surface area contributed by atoms with Crippen LogP contribution in [0.15, 0.2) is 35.6 Å². The van der Waals surface area contributed by atoms with Crippen LogP contribution in [0, 0.1) is 0 Å². The Morgan fingerprint density at radius 1 is 1.39 bits per heavy atom. The first kappa shape index (κ1) is 12.4. The van der Waals surface area contributed by atoms with E-state index in [4.69, 9.17) is 4.74 Å². The van der Waals surface area contributed by atoms with Gasteiger partial charge in [0.2, 0.25) is 5.88 Å². The molecule has 8 heteroatoms. The second-order valence-corrected chi connectivity index (χ2v) is 4.97. The Bertz CT molecular complexity index is 610. The zero-order valence-electron chi connectivity index (χ0n) is 9.62. The van der Waals surface area contributed by atoms with Gasteiger partial charge in [0.15, 0.2) is 5.03 Å². The van der Waals surface area contributed by atoms with Crippen molar-refractivity contribution < 1.29 is 13.2 Å². The molecule has 2 rings (SSSR count). The highest BCUT2D eigenvalue weighted by molar-refractivity contribution is 7.92. The summed E-state index contributed by atoms with van der Waals surface area (Å²) >= 11 is 0. The normalized spacial score (nSPS) is 11.2. The van der Waals surface area contributed by atoms with Crippen LogP contribution >= 0.6 is 0 Å². The minimum atomic E-state index is -3.70. The molecule has 0 atom stereocenters. The van der Waals surface area contributed by atoms with Gasteiger partial charge in [-0.15, -0.1) is 0 Å². The molecule has 0 unspecified atom stereocenters. The standard InChI is InChI=1S/C10H12N4O3S/c1-2-17-10-8(4-3-6-11-10)14-18(15,16)9-5-7-12-13-9/h3-7,14H,2H2,1H3,(H,12,13). The second-order valence-electron chi connectivity index (χ2n) is 3.32. The molecule has 18 heavy (non-hydrogen) atoms. The summed E-state index contributed by atoms with van der Waals surface area (Å²) in [6, 6.07) is 4.55. The van der Waals surface area contributed by atoms with Crippen LogP contribution in [0.4, 0.5) is 5.69 Å². The summed E-state index contributed by atoms with van der Waals surface area (Å²) in [5, 5.41) is 5.97. The van der Waals surface area contributed by atoms with Crippen molar-refractivity contribution in [2.75, 3.05) is 11.3 Å². The molecule has 0 spiro atoms. The number of ether oxygens (including phenoxy) is 1. The van der Waals surface area contributed by atoms with E-state index in [1.54, 1.807) is 19.1 Å². The molecule has 0 fully saturated rings. The minimum absolute atomic E-state index is 0.0196. The lowest BCUT2D eigenvalue weighted by Crippen LogP contribution is -2.14. The maximum Gasteiger partial charge on any atom is 0.279 e. The lowest BCUT2D eigenvalue weighted by molar-refractivity contribution is 0.329. The molecular formula is C10H12N4O3S. The molecule has 0 bridgehead atoms. The van der Waals surface area contributed by atoms with Crippen molar-refractivity contribution in [2.45, 2.75) is 11.9 Å². The highest BCUT2D eigenvalue weighted by Gasteiger charge is 2.18. The minimum Gasteiger partial charge on any atom is -0.476 e. The maximum atomic E-state index is 12.0. The molecule has 0 aromatic carbocycles. The van der Waals surface area contributed by atoms with Crippen molar-refractivity contribution >= 4 is 15.7 Å². The van der Waals surface area contributed by atoms with Gasteiger partial charge in [-0.1, -0.05) is 0 Å². The predicted molar refractivity (Wildman–Crippen MR) is 64.8 cm³/mol. The molecule has 0 saturated heterocycles. The largest absolute Gasteiger partial charge is 0.476 e. The fourth-order valence-corrected chi connectivity index (χ4v) is 2.28. The number of sulfonamides is 1. The van der Waals surface area contributed by atoms with Gasteiger partial charge in [-0.05, 0) is 25.1 Å². The number of pyridine rings is 1. The van der Waals surface area contributed by atoms with Crippen LogP contribution in [0.5, 0.6) is 5.88 Å². The van der Waals surface area contributed by atoms with Crippen LogP contribution in [0.25, 0.3) is 0 Å². The number of H-pyrrole nitrogens is 1. The number of aromatic amines is 1. The van der Waals surface area contributed by atoms with E-state index in [2.05, 4.69) is 19.9 Å². The summed E-state index contributed by atoms with van der Waals surface area (Å²) in [7, 11) is -3.70. The number of nitrogens with one attached hydrogen (secondary N) is 2. The van der Waals surface area contributed by atoms with Crippen LogP contribution in [0.2, 0.25) is 0 Å². The van der Waals surface area contributed by atoms with E-state index >= 15 is 0 Å². The van der Waals surface area contributed by atoms with Gasteiger partial charge in [0.25, 0.3) is 10.0 Å². The van der Waals surface area contributed by atoms with E-state index in [0.717, 1.165) is 0 Å². The van der Waals surface area contributed by atoms with E-state index in [1.165, 1.54) is 18.5 Å². The molecule has 0 radical (unpaired) electrons. The van der Waals surface area contributed by atoms with Crippen molar-refractivity contribution in [2.24, 2.45) is 0 Å². The molecule has 0 aliphatic heterocycles. The summed E-state index contributed by atoms with van der Waals surface area (Å²) in [5.41, 5.74) is 0.286. The molecule has 7 nitrogen and oxygen atoms in total. The smallest absolute Gasteiger partial charge is 0.279 e. The SMILES string of the molecule is CCOc1ncccc1NS(=O)(=O)c1ccn[nH]1. The number of anilines is 1. The molecular weight excluding hydrogens is 256 g/mol. The fraction of sp³-hybridized carbons (Fsp3) is 0.200. The summed E-state index contributed by atoms with van der Waals surface area (Å²) in [6.45, 7) is 2.19. The van der Waals surface area contributed by atoms with Gasteiger partial charge in [0, 0.05) is 6.20 Å². The number of rotatable bonds is 5. The zero-order chi connectivity index (χ0) is 13.0. The molecule has 2 aromatic heterocycles. The molecule has 0 saturated carbocycles. The van der Waals surface area contributed by atoms with Gasteiger partial charge >= 0.3 is 0 Å². The highest BCUT2D eigenvalue weighted by atomic mass is 32.2. The van der Waals surface area contributed by atoms with E-state index in [1.807, 2.05) is 0 Å². The summed E-state index contributed by atoms with van der Waals surface area (Å²) < 4.78 is 31.5. The maximum absolute atomic E-state index is 12.0. The average Bonchev–Trinajstić information content (AvgIpc) is 2.86. The zero-order valence-corrected chi connectivity index (χ0v) is 10.4. The number of aromatic nitrogens is 3. The van der Waals surface area contributed by atoms with Gasteiger partial charge in [0.1, 0.15) is 5.69 Å². The van der Waals surface area contributed by atoms with Crippen LogP contribution in [0.3, 0.4) is 0 Å². The Morgan fingerprint density at radius 2 is 2.22 bits per heavy atom. The molecule has 0 aliphatic rings. The van der Waals surface area contributed by atoms with E-state index in [0.29, 0.717) is 6.61 Å². The molecule has 0 aliphatic carbocycles. The average molecular weight is 268 g/mol. The molecule has 0 amide bonds. The van der Waals surface area contributed by atoms with E-state index < -0.39 is 10.0 Å². The first-order valence-corrected chi connectivity index (χ1v) is 6.72. The van der Waals surface area contributed by atoms with Crippen molar-refractivity contribution in [3.8, 4) is 5.88 Å². The van der Waals surface area contributed by atoms with E-state index in [9.17, 15) is 8.42 Å². The quantitative estimate of drug-likeness (QED) is 0.843. The lowest BCUT2D eigenvalue weighted by atomic mass is 10.4. The molecule has 2 heterocycles. The Kier molecular flexibility index (Phi) is 3.47. The molecule has 2 aromatic rings. The van der Waals surface area contributed by atoms with E-state index in [-0.39, 0.29) is 16.6 Å². The topological polar surface area (TPSA) is 97.0 Å².